The maximum atomic E-state index is 11.3. The quantitative estimate of drug-likeness (QED) is 0.780. The summed E-state index contributed by atoms with van der Waals surface area (Å²) in [6.07, 6.45) is 6.62. The van der Waals surface area contributed by atoms with Crippen LogP contribution < -0.4 is 10.2 Å². The Hall–Kier alpha value is -2.12. The van der Waals surface area contributed by atoms with E-state index < -0.39 is 5.60 Å². The first-order chi connectivity index (χ1) is 12.6. The first kappa shape index (κ1) is 17.3. The summed E-state index contributed by atoms with van der Waals surface area (Å²) >= 11 is 0. The zero-order valence-corrected chi connectivity index (χ0v) is 15.2. The fraction of sp³-hybridized carbons (Fsp3) is 0.579. The van der Waals surface area contributed by atoms with Crippen LogP contribution in [0.5, 0.6) is 0 Å². The number of morpholine rings is 1. The summed E-state index contributed by atoms with van der Waals surface area (Å²) in [4.78, 5) is 7.07. The van der Waals surface area contributed by atoms with Crippen LogP contribution >= 0.6 is 0 Å². The highest BCUT2D eigenvalue weighted by Crippen LogP contribution is 2.39. The Labute approximate surface area is 153 Å². The molecule has 0 amide bonds. The van der Waals surface area contributed by atoms with Gasteiger partial charge < -0.3 is 20.1 Å². The van der Waals surface area contributed by atoms with Gasteiger partial charge in [0.2, 0.25) is 0 Å². The second kappa shape index (κ2) is 7.25. The molecule has 2 fully saturated rings. The molecule has 1 aliphatic heterocycles. The smallest absolute Gasteiger partial charge is 0.134 e. The average molecular weight is 357 g/mol. The van der Waals surface area contributed by atoms with Gasteiger partial charge in [-0.25, -0.2) is 4.98 Å². The maximum Gasteiger partial charge on any atom is 0.134 e. The summed E-state index contributed by atoms with van der Waals surface area (Å²) in [5.74, 6) is 2.39. The fourth-order valence-electron chi connectivity index (χ4n) is 3.95. The van der Waals surface area contributed by atoms with Crippen molar-refractivity contribution in [2.45, 2.75) is 50.7 Å². The number of hydrogen-bond acceptors (Lipinski definition) is 6. The van der Waals surface area contributed by atoms with E-state index in [-0.39, 0.29) is 6.04 Å². The highest BCUT2D eigenvalue weighted by atomic mass is 16.5. The summed E-state index contributed by atoms with van der Waals surface area (Å²) in [7, 11) is 0. The van der Waals surface area contributed by atoms with E-state index in [0.717, 1.165) is 55.2 Å². The molecule has 3 heterocycles. The second-order valence-corrected chi connectivity index (χ2v) is 7.40. The van der Waals surface area contributed by atoms with Gasteiger partial charge in [-0.05, 0) is 37.5 Å². The molecule has 0 spiro atoms. The maximum absolute atomic E-state index is 11.3. The van der Waals surface area contributed by atoms with Gasteiger partial charge in [0.05, 0.1) is 31.1 Å². The lowest BCUT2D eigenvalue weighted by atomic mass is 9.80. The van der Waals surface area contributed by atoms with Gasteiger partial charge in [-0.15, -0.1) is 0 Å². The SMILES string of the molecule is C[C@@H]1COCCN1c1cc(C2(O)CCCCC2)cc(Nc2ccn[nH]2)n1. The predicted molar refractivity (Wildman–Crippen MR) is 101 cm³/mol. The van der Waals surface area contributed by atoms with Crippen molar-refractivity contribution in [1.82, 2.24) is 15.2 Å². The second-order valence-electron chi connectivity index (χ2n) is 7.40. The molecule has 7 nitrogen and oxygen atoms in total. The van der Waals surface area contributed by atoms with Crippen molar-refractivity contribution >= 4 is 17.5 Å². The Morgan fingerprint density at radius 2 is 2.15 bits per heavy atom. The van der Waals surface area contributed by atoms with E-state index in [4.69, 9.17) is 9.72 Å². The topological polar surface area (TPSA) is 86.3 Å². The molecule has 0 bridgehead atoms. The lowest BCUT2D eigenvalue weighted by molar-refractivity contribution is -0.000643. The monoisotopic (exact) mass is 357 g/mol. The number of H-pyrrole nitrogens is 1. The van der Waals surface area contributed by atoms with E-state index in [1.165, 1.54) is 6.42 Å². The lowest BCUT2D eigenvalue weighted by Gasteiger charge is -2.37. The number of aliphatic hydroxyl groups is 1. The summed E-state index contributed by atoms with van der Waals surface area (Å²) < 4.78 is 5.57. The van der Waals surface area contributed by atoms with E-state index >= 15 is 0 Å². The Kier molecular flexibility index (Phi) is 4.82. The minimum atomic E-state index is -0.768. The molecular weight excluding hydrogens is 330 g/mol. The number of nitrogens with zero attached hydrogens (tertiary/aromatic N) is 3. The van der Waals surface area contributed by atoms with Crippen LogP contribution in [0.25, 0.3) is 0 Å². The molecule has 0 aromatic carbocycles. The van der Waals surface area contributed by atoms with Gasteiger partial charge in [0, 0.05) is 12.6 Å². The van der Waals surface area contributed by atoms with E-state index in [2.05, 4.69) is 33.4 Å². The minimum absolute atomic E-state index is 0.257. The highest BCUT2D eigenvalue weighted by Gasteiger charge is 2.33. The largest absolute Gasteiger partial charge is 0.385 e. The van der Waals surface area contributed by atoms with Gasteiger partial charge in [0.25, 0.3) is 0 Å². The third-order valence-corrected chi connectivity index (χ3v) is 5.46. The van der Waals surface area contributed by atoms with Gasteiger partial charge >= 0.3 is 0 Å². The molecule has 7 heteroatoms. The molecule has 2 aromatic rings. The van der Waals surface area contributed by atoms with E-state index in [1.54, 1.807) is 6.20 Å². The zero-order chi connectivity index (χ0) is 18.0. The normalized spacial score (nSPS) is 23.0. The number of hydrogen-bond donors (Lipinski definition) is 3. The molecule has 1 atom stereocenters. The zero-order valence-electron chi connectivity index (χ0n) is 15.2. The summed E-state index contributed by atoms with van der Waals surface area (Å²) in [6, 6.07) is 6.15. The Balaban J connectivity index is 1.71. The summed E-state index contributed by atoms with van der Waals surface area (Å²) in [5.41, 5.74) is 0.179. The number of anilines is 3. The number of rotatable bonds is 4. The number of pyridine rings is 1. The van der Waals surface area contributed by atoms with E-state index in [9.17, 15) is 5.11 Å². The van der Waals surface area contributed by atoms with Crippen molar-refractivity contribution in [2.24, 2.45) is 0 Å². The van der Waals surface area contributed by atoms with E-state index in [0.29, 0.717) is 13.2 Å². The Morgan fingerprint density at radius 3 is 2.88 bits per heavy atom. The summed E-state index contributed by atoms with van der Waals surface area (Å²) in [5, 5.41) is 21.4. The van der Waals surface area contributed by atoms with Crippen molar-refractivity contribution < 1.29 is 9.84 Å². The molecular formula is C19H27N5O2. The van der Waals surface area contributed by atoms with Gasteiger partial charge in [-0.1, -0.05) is 19.3 Å². The molecule has 2 aromatic heterocycles. The first-order valence-corrected chi connectivity index (χ1v) is 9.50. The number of aromatic amines is 1. The molecule has 1 saturated carbocycles. The van der Waals surface area contributed by atoms with Crippen LogP contribution in [0.3, 0.4) is 0 Å². The molecule has 26 heavy (non-hydrogen) atoms. The average Bonchev–Trinajstić information content (AvgIpc) is 3.15. The van der Waals surface area contributed by atoms with Crippen molar-refractivity contribution in [3.8, 4) is 0 Å². The van der Waals surface area contributed by atoms with Crippen molar-refractivity contribution in [1.29, 1.82) is 0 Å². The van der Waals surface area contributed by atoms with Gasteiger partial charge in [-0.2, -0.15) is 5.10 Å². The number of nitrogens with one attached hydrogen (secondary N) is 2. The van der Waals surface area contributed by atoms with Crippen molar-refractivity contribution in [3.05, 3.63) is 30.0 Å². The Morgan fingerprint density at radius 1 is 1.31 bits per heavy atom. The van der Waals surface area contributed by atoms with Gasteiger partial charge in [0.15, 0.2) is 0 Å². The lowest BCUT2D eigenvalue weighted by Crippen LogP contribution is -2.44. The molecule has 2 aliphatic rings. The minimum Gasteiger partial charge on any atom is -0.385 e. The molecule has 1 saturated heterocycles. The first-order valence-electron chi connectivity index (χ1n) is 9.50. The molecule has 0 radical (unpaired) electrons. The fourth-order valence-corrected chi connectivity index (χ4v) is 3.95. The van der Waals surface area contributed by atoms with Crippen LogP contribution in [0, 0.1) is 0 Å². The van der Waals surface area contributed by atoms with Crippen molar-refractivity contribution in [2.75, 3.05) is 30.0 Å². The molecule has 140 valence electrons. The summed E-state index contributed by atoms with van der Waals surface area (Å²) in [6.45, 7) is 4.34. The van der Waals surface area contributed by atoms with Gasteiger partial charge in [0.1, 0.15) is 17.5 Å². The third-order valence-electron chi connectivity index (χ3n) is 5.46. The number of ether oxygens (including phenoxy) is 1. The van der Waals surface area contributed by atoms with E-state index in [1.807, 2.05) is 12.1 Å². The molecule has 0 unspecified atom stereocenters. The van der Waals surface area contributed by atoms with Crippen molar-refractivity contribution in [3.63, 3.8) is 0 Å². The number of aromatic nitrogens is 3. The van der Waals surface area contributed by atoms with Crippen LogP contribution in [0.1, 0.15) is 44.6 Å². The molecule has 4 rings (SSSR count). The van der Waals surface area contributed by atoms with Crippen LogP contribution in [0.15, 0.2) is 24.4 Å². The Bertz CT molecular complexity index is 728. The van der Waals surface area contributed by atoms with Crippen LogP contribution in [-0.2, 0) is 10.3 Å². The highest BCUT2D eigenvalue weighted by molar-refractivity contribution is 5.58. The van der Waals surface area contributed by atoms with Crippen LogP contribution in [0.4, 0.5) is 17.5 Å². The van der Waals surface area contributed by atoms with Crippen LogP contribution in [-0.4, -0.2) is 46.1 Å². The predicted octanol–water partition coefficient (Wildman–Crippen LogP) is 2.93. The molecule has 3 N–H and O–H groups in total. The third kappa shape index (κ3) is 3.54. The van der Waals surface area contributed by atoms with Gasteiger partial charge in [-0.3, -0.25) is 5.10 Å². The standard InChI is InChI=1S/C19H27N5O2/c1-14-13-26-10-9-24(14)18-12-15(19(25)6-3-2-4-7-19)11-17(22-18)21-16-5-8-20-23-16/h5,8,11-12,14,25H,2-4,6-7,9-10,13H2,1H3,(H2,20,21,22,23)/t14-/m1/s1. The van der Waals surface area contributed by atoms with Crippen LogP contribution in [0.2, 0.25) is 0 Å². The molecule has 1 aliphatic carbocycles.